The third-order valence-electron chi connectivity index (χ3n) is 0.808. The van der Waals surface area contributed by atoms with Crippen LogP contribution < -0.4 is 5.32 Å². The van der Waals surface area contributed by atoms with E-state index in [1.54, 1.807) is 5.32 Å². The predicted molar refractivity (Wildman–Crippen MR) is 37.5 cm³/mol. The fourth-order valence-electron chi connectivity index (χ4n) is 0.373. The molecule has 0 rings (SSSR count). The summed E-state index contributed by atoms with van der Waals surface area (Å²) in [6.07, 6.45) is -4.25. The molecule has 6 heteroatoms. The Kier molecular flexibility index (Phi) is 4.48. The van der Waals surface area contributed by atoms with Crippen LogP contribution >= 0.6 is 15.9 Å². The summed E-state index contributed by atoms with van der Waals surface area (Å²) in [5.74, 6) is -0.598. The summed E-state index contributed by atoms with van der Waals surface area (Å²) in [5.41, 5.74) is 0. The highest BCUT2D eigenvalue weighted by Crippen LogP contribution is 2.12. The largest absolute Gasteiger partial charge is 0.405 e. The molecule has 0 fully saturated rings. The second-order valence-electron chi connectivity index (χ2n) is 1.83. The van der Waals surface area contributed by atoms with Crippen LogP contribution in [0.2, 0.25) is 0 Å². The zero-order chi connectivity index (χ0) is 8.91. The standard InChI is InChI=1S/C5H7BrF3NO/c6-2-1-4(11)10-3-5(7,8)9/h1-3H2,(H,10,11). The molecule has 0 spiro atoms. The van der Waals surface area contributed by atoms with Gasteiger partial charge in [0.1, 0.15) is 6.54 Å². The Morgan fingerprint density at radius 2 is 2.00 bits per heavy atom. The molecule has 1 N–H and O–H groups in total. The molecule has 0 unspecified atom stereocenters. The van der Waals surface area contributed by atoms with Gasteiger partial charge in [-0.3, -0.25) is 4.79 Å². The van der Waals surface area contributed by atoms with E-state index in [4.69, 9.17) is 0 Å². The van der Waals surface area contributed by atoms with Crippen LogP contribution in [-0.4, -0.2) is 24.0 Å². The monoisotopic (exact) mass is 233 g/mol. The fraction of sp³-hybridized carbons (Fsp3) is 0.800. The average Bonchev–Trinajstić information content (AvgIpc) is 1.83. The minimum Gasteiger partial charge on any atom is -0.347 e. The summed E-state index contributed by atoms with van der Waals surface area (Å²) in [6, 6.07) is 0. The van der Waals surface area contributed by atoms with Crippen LogP contribution in [-0.2, 0) is 4.79 Å². The maximum absolute atomic E-state index is 11.4. The van der Waals surface area contributed by atoms with Crippen molar-refractivity contribution in [3.63, 3.8) is 0 Å². The van der Waals surface area contributed by atoms with E-state index in [1.807, 2.05) is 0 Å². The molecule has 0 aliphatic rings. The van der Waals surface area contributed by atoms with Gasteiger partial charge in [0.15, 0.2) is 0 Å². The molecule has 0 heterocycles. The Morgan fingerprint density at radius 1 is 1.45 bits per heavy atom. The van der Waals surface area contributed by atoms with Gasteiger partial charge in [-0.05, 0) is 0 Å². The van der Waals surface area contributed by atoms with E-state index in [-0.39, 0.29) is 6.42 Å². The molecule has 0 radical (unpaired) electrons. The van der Waals surface area contributed by atoms with Gasteiger partial charge in [0, 0.05) is 11.8 Å². The SMILES string of the molecule is O=C(CCBr)NCC(F)(F)F. The lowest BCUT2D eigenvalue weighted by Crippen LogP contribution is -2.33. The second kappa shape index (κ2) is 4.58. The number of hydrogen-bond acceptors (Lipinski definition) is 1. The first-order valence-electron chi connectivity index (χ1n) is 2.85. The van der Waals surface area contributed by atoms with Crippen LogP contribution in [0.4, 0.5) is 13.2 Å². The Balaban J connectivity index is 3.46. The number of rotatable bonds is 3. The first-order chi connectivity index (χ1) is 4.95. The minimum absolute atomic E-state index is 0.0656. The molecule has 0 aromatic carbocycles. The van der Waals surface area contributed by atoms with Crippen molar-refractivity contribution in [2.24, 2.45) is 0 Å². The molecule has 2 nitrogen and oxygen atoms in total. The number of nitrogens with one attached hydrogen (secondary N) is 1. The van der Waals surface area contributed by atoms with Crippen LogP contribution in [0.25, 0.3) is 0 Å². The van der Waals surface area contributed by atoms with Crippen LogP contribution in [0.3, 0.4) is 0 Å². The smallest absolute Gasteiger partial charge is 0.347 e. The van der Waals surface area contributed by atoms with Gasteiger partial charge in [-0.25, -0.2) is 0 Å². The molecule has 0 aromatic heterocycles. The summed E-state index contributed by atoms with van der Waals surface area (Å²) in [4.78, 5) is 10.4. The molecule has 1 amide bonds. The molecule has 0 aromatic rings. The highest BCUT2D eigenvalue weighted by Gasteiger charge is 2.27. The highest BCUT2D eigenvalue weighted by molar-refractivity contribution is 9.09. The zero-order valence-corrected chi connectivity index (χ0v) is 7.13. The van der Waals surface area contributed by atoms with E-state index >= 15 is 0 Å². The molecule has 0 saturated heterocycles. The normalized spacial score (nSPS) is 11.3. The molecular weight excluding hydrogens is 227 g/mol. The van der Waals surface area contributed by atoms with Crippen LogP contribution in [0.1, 0.15) is 6.42 Å². The van der Waals surface area contributed by atoms with Gasteiger partial charge in [-0.15, -0.1) is 0 Å². The van der Waals surface area contributed by atoms with Gasteiger partial charge >= 0.3 is 6.18 Å². The topological polar surface area (TPSA) is 29.1 Å². The number of carbonyl (C=O) groups is 1. The maximum atomic E-state index is 11.4. The first kappa shape index (κ1) is 10.7. The molecule has 0 bridgehead atoms. The maximum Gasteiger partial charge on any atom is 0.405 e. The molecule has 0 aliphatic heterocycles. The lowest BCUT2D eigenvalue weighted by atomic mass is 10.4. The van der Waals surface area contributed by atoms with Crippen molar-refractivity contribution in [2.75, 3.05) is 11.9 Å². The third-order valence-corrected chi connectivity index (χ3v) is 1.20. The van der Waals surface area contributed by atoms with Crippen LogP contribution in [0, 0.1) is 0 Å². The van der Waals surface area contributed by atoms with Gasteiger partial charge in [0.25, 0.3) is 0 Å². The zero-order valence-electron chi connectivity index (χ0n) is 5.54. The Bertz CT molecular complexity index is 136. The summed E-state index contributed by atoms with van der Waals surface area (Å²) >= 11 is 2.93. The second-order valence-corrected chi connectivity index (χ2v) is 2.62. The minimum atomic E-state index is -4.32. The van der Waals surface area contributed by atoms with E-state index in [0.717, 1.165) is 0 Å². The Labute approximate surface area is 70.3 Å². The van der Waals surface area contributed by atoms with Gasteiger partial charge in [-0.2, -0.15) is 13.2 Å². The van der Waals surface area contributed by atoms with E-state index in [2.05, 4.69) is 15.9 Å². The lowest BCUT2D eigenvalue weighted by Gasteiger charge is -2.06. The number of alkyl halides is 4. The number of carbonyl (C=O) groups excluding carboxylic acids is 1. The van der Waals surface area contributed by atoms with Gasteiger partial charge in [-0.1, -0.05) is 15.9 Å². The Morgan fingerprint density at radius 3 is 2.36 bits per heavy atom. The summed E-state index contributed by atoms with van der Waals surface area (Å²) in [5, 5.41) is 2.10. The quantitative estimate of drug-likeness (QED) is 0.735. The van der Waals surface area contributed by atoms with E-state index < -0.39 is 18.6 Å². The molecule has 0 atom stereocenters. The first-order valence-corrected chi connectivity index (χ1v) is 3.97. The third kappa shape index (κ3) is 7.64. The summed E-state index contributed by atoms with van der Waals surface area (Å²) in [6.45, 7) is -1.25. The Hall–Kier alpha value is -0.260. The average molecular weight is 234 g/mol. The van der Waals surface area contributed by atoms with Crippen molar-refractivity contribution in [1.82, 2.24) is 5.32 Å². The van der Waals surface area contributed by atoms with E-state index in [9.17, 15) is 18.0 Å². The summed E-state index contributed by atoms with van der Waals surface area (Å²) in [7, 11) is 0. The fourth-order valence-corrected chi connectivity index (χ4v) is 0.733. The van der Waals surface area contributed by atoms with Crippen molar-refractivity contribution < 1.29 is 18.0 Å². The van der Waals surface area contributed by atoms with Gasteiger partial charge in [0.2, 0.25) is 5.91 Å². The van der Waals surface area contributed by atoms with E-state index in [0.29, 0.717) is 5.33 Å². The van der Waals surface area contributed by atoms with Crippen molar-refractivity contribution in [2.45, 2.75) is 12.6 Å². The van der Waals surface area contributed by atoms with Gasteiger partial charge in [0.05, 0.1) is 0 Å². The summed E-state index contributed by atoms with van der Waals surface area (Å²) < 4.78 is 34.3. The molecule has 11 heavy (non-hydrogen) atoms. The predicted octanol–water partition coefficient (Wildman–Crippen LogP) is 1.45. The van der Waals surface area contributed by atoms with Crippen molar-refractivity contribution in [1.29, 1.82) is 0 Å². The lowest BCUT2D eigenvalue weighted by molar-refractivity contribution is -0.138. The number of amides is 1. The van der Waals surface area contributed by atoms with E-state index in [1.165, 1.54) is 0 Å². The van der Waals surface area contributed by atoms with Crippen molar-refractivity contribution in [3.8, 4) is 0 Å². The number of hydrogen-bond donors (Lipinski definition) is 1. The van der Waals surface area contributed by atoms with Crippen molar-refractivity contribution in [3.05, 3.63) is 0 Å². The van der Waals surface area contributed by atoms with Crippen molar-refractivity contribution >= 4 is 21.8 Å². The number of halogens is 4. The van der Waals surface area contributed by atoms with Crippen LogP contribution in [0.15, 0.2) is 0 Å². The van der Waals surface area contributed by atoms with Gasteiger partial charge < -0.3 is 5.32 Å². The molecule has 0 aliphatic carbocycles. The highest BCUT2D eigenvalue weighted by atomic mass is 79.9. The molecular formula is C5H7BrF3NO. The molecule has 66 valence electrons. The molecule has 0 saturated carbocycles. The van der Waals surface area contributed by atoms with Crippen LogP contribution in [0.5, 0.6) is 0 Å².